The molecule has 0 radical (unpaired) electrons. The lowest BCUT2D eigenvalue weighted by Gasteiger charge is -2.51. The summed E-state index contributed by atoms with van der Waals surface area (Å²) in [6.45, 7) is 19.1. The van der Waals surface area contributed by atoms with Crippen LogP contribution < -0.4 is 4.90 Å². The van der Waals surface area contributed by atoms with Gasteiger partial charge in [-0.25, -0.2) is 0 Å². The number of thioether (sulfide) groups is 1. The van der Waals surface area contributed by atoms with Crippen LogP contribution >= 0.6 is 23.4 Å². The summed E-state index contributed by atoms with van der Waals surface area (Å²) < 4.78 is 12.9. The molecule has 1 aromatic carbocycles. The van der Waals surface area contributed by atoms with Gasteiger partial charge in [0.2, 0.25) is 0 Å². The molecule has 0 aromatic heterocycles. The predicted octanol–water partition coefficient (Wildman–Crippen LogP) is 4.43. The van der Waals surface area contributed by atoms with Crippen molar-refractivity contribution in [3.63, 3.8) is 0 Å². The first kappa shape index (κ1) is 27.3. The Morgan fingerprint density at radius 3 is 2.45 bits per heavy atom. The van der Waals surface area contributed by atoms with E-state index in [9.17, 15) is 10.2 Å². The van der Waals surface area contributed by atoms with Crippen molar-refractivity contribution in [3.05, 3.63) is 23.2 Å². The molecule has 5 atom stereocenters. The molecular weight excluding hydrogens is 476 g/mol. The second kappa shape index (κ2) is 10.7. The molecule has 0 spiro atoms. The van der Waals surface area contributed by atoms with E-state index in [1.807, 2.05) is 18.2 Å². The van der Waals surface area contributed by atoms with E-state index in [4.69, 9.17) is 20.8 Å². The summed E-state index contributed by atoms with van der Waals surface area (Å²) in [4.78, 5) is 5.63. The third-order valence-corrected chi connectivity index (χ3v) is 13.5. The minimum Gasteiger partial charge on any atom is -0.414 e. The fraction of sp³-hybridized carbons (Fsp3) is 0.750. The standard InChI is InChI=1S/C24H41ClN2O4SSi/c1-8-26(9-2)12-13-27-17-14-16(25)10-11-19(17)32-22-21(29)20(28)18(31-23(22)27)15-30-33(6,7)24(3,4)5/h10-11,14,18,20-23,28-29H,8-9,12-13,15H2,1-7H3/t18-,20-,21+,22+,23-/m1/s1. The highest BCUT2D eigenvalue weighted by atomic mass is 35.5. The maximum atomic E-state index is 11.1. The molecule has 3 rings (SSSR count). The highest BCUT2D eigenvalue weighted by Crippen LogP contribution is 2.47. The van der Waals surface area contributed by atoms with Crippen LogP contribution in [0.3, 0.4) is 0 Å². The van der Waals surface area contributed by atoms with Gasteiger partial charge < -0.3 is 29.2 Å². The van der Waals surface area contributed by atoms with E-state index in [-0.39, 0.29) is 23.1 Å². The zero-order chi connectivity index (χ0) is 24.6. The van der Waals surface area contributed by atoms with Crippen LogP contribution in [0, 0.1) is 0 Å². The van der Waals surface area contributed by atoms with Gasteiger partial charge in [-0.05, 0) is 49.4 Å². The second-order valence-electron chi connectivity index (χ2n) is 10.5. The van der Waals surface area contributed by atoms with Crippen molar-refractivity contribution >= 4 is 37.4 Å². The van der Waals surface area contributed by atoms with E-state index in [0.29, 0.717) is 5.02 Å². The van der Waals surface area contributed by atoms with Gasteiger partial charge in [-0.2, -0.15) is 0 Å². The number of anilines is 1. The summed E-state index contributed by atoms with van der Waals surface area (Å²) in [6.07, 6.45) is -2.88. The Morgan fingerprint density at radius 2 is 1.85 bits per heavy atom. The number of aliphatic hydroxyl groups excluding tert-OH is 2. The first-order chi connectivity index (χ1) is 15.4. The molecule has 6 nitrogen and oxygen atoms in total. The van der Waals surface area contributed by atoms with Crippen LogP contribution in [-0.2, 0) is 9.16 Å². The number of ether oxygens (including phenoxy) is 1. The van der Waals surface area contributed by atoms with Gasteiger partial charge in [0, 0.05) is 23.0 Å². The van der Waals surface area contributed by atoms with Gasteiger partial charge in [0.1, 0.15) is 18.4 Å². The molecular formula is C24H41ClN2O4SSi. The van der Waals surface area contributed by atoms with Gasteiger partial charge >= 0.3 is 0 Å². The third kappa shape index (κ3) is 5.92. The van der Waals surface area contributed by atoms with E-state index >= 15 is 0 Å². The number of likely N-dealkylation sites (N-methyl/N-ethyl adjacent to an activating group) is 1. The molecule has 2 N–H and O–H groups in total. The number of aliphatic hydroxyl groups is 2. The Kier molecular flexibility index (Phi) is 8.88. The van der Waals surface area contributed by atoms with Crippen molar-refractivity contribution in [2.45, 2.75) is 87.4 Å². The van der Waals surface area contributed by atoms with Gasteiger partial charge in [-0.3, -0.25) is 0 Å². The van der Waals surface area contributed by atoms with Crippen molar-refractivity contribution < 1.29 is 19.4 Å². The van der Waals surface area contributed by atoms with Crippen molar-refractivity contribution in [1.82, 2.24) is 4.90 Å². The summed E-state index contributed by atoms with van der Waals surface area (Å²) in [5.74, 6) is 0. The number of halogens is 1. The minimum atomic E-state index is -2.02. The Balaban J connectivity index is 1.86. The predicted molar refractivity (Wildman–Crippen MR) is 140 cm³/mol. The zero-order valence-corrected chi connectivity index (χ0v) is 23.6. The first-order valence-electron chi connectivity index (χ1n) is 12.0. The minimum absolute atomic E-state index is 0.0555. The van der Waals surface area contributed by atoms with Crippen LogP contribution in [0.5, 0.6) is 0 Å². The Morgan fingerprint density at radius 1 is 1.18 bits per heavy atom. The van der Waals surface area contributed by atoms with E-state index in [2.05, 4.69) is 57.5 Å². The SMILES string of the molecule is CCN(CC)CCN1c2cc(Cl)ccc2S[C@H]2[C@@H](O)[C@H](O)[C@@H](CO[Si](C)(C)C(C)(C)C)O[C@H]21. The Labute approximate surface area is 209 Å². The van der Waals surface area contributed by atoms with Crippen molar-refractivity contribution in [1.29, 1.82) is 0 Å². The van der Waals surface area contributed by atoms with Crippen LogP contribution in [0.4, 0.5) is 5.69 Å². The molecule has 0 amide bonds. The summed E-state index contributed by atoms with van der Waals surface area (Å²) in [7, 11) is -2.02. The second-order valence-corrected chi connectivity index (χ2v) is 17.0. The fourth-order valence-corrected chi connectivity index (χ4v) is 6.62. The lowest BCUT2D eigenvalue weighted by Crippen LogP contribution is -2.64. The van der Waals surface area contributed by atoms with Crippen LogP contribution in [0.1, 0.15) is 34.6 Å². The largest absolute Gasteiger partial charge is 0.414 e. The van der Waals surface area contributed by atoms with Crippen LogP contribution in [0.15, 0.2) is 23.1 Å². The molecule has 1 fully saturated rings. The van der Waals surface area contributed by atoms with E-state index < -0.39 is 26.6 Å². The number of nitrogens with zero attached hydrogens (tertiary/aromatic N) is 2. The van der Waals surface area contributed by atoms with E-state index in [1.165, 1.54) is 0 Å². The molecule has 188 valence electrons. The summed E-state index contributed by atoms with van der Waals surface area (Å²) in [6, 6.07) is 5.84. The molecule has 0 aliphatic carbocycles. The number of fused-ring (bicyclic) bond motifs is 2. The van der Waals surface area contributed by atoms with E-state index in [0.717, 1.165) is 36.8 Å². The van der Waals surface area contributed by atoms with Crippen LogP contribution in [0.25, 0.3) is 0 Å². The topological polar surface area (TPSA) is 65.4 Å². The molecule has 1 saturated heterocycles. The van der Waals surface area contributed by atoms with Crippen molar-refractivity contribution in [2.24, 2.45) is 0 Å². The number of hydrogen-bond acceptors (Lipinski definition) is 7. The van der Waals surface area contributed by atoms with Gasteiger partial charge in [-0.15, -0.1) is 11.8 Å². The van der Waals surface area contributed by atoms with Crippen molar-refractivity contribution in [3.8, 4) is 0 Å². The first-order valence-corrected chi connectivity index (χ1v) is 16.2. The molecule has 1 aromatic rings. The number of hydrogen-bond donors (Lipinski definition) is 2. The molecule has 9 heteroatoms. The highest BCUT2D eigenvalue weighted by molar-refractivity contribution is 8.00. The zero-order valence-electron chi connectivity index (χ0n) is 21.0. The highest BCUT2D eigenvalue weighted by Gasteiger charge is 2.50. The lowest BCUT2D eigenvalue weighted by molar-refractivity contribution is -0.174. The lowest BCUT2D eigenvalue weighted by atomic mass is 9.99. The number of benzene rings is 1. The molecule has 2 aliphatic rings. The van der Waals surface area contributed by atoms with Crippen LogP contribution in [-0.4, -0.2) is 86.0 Å². The van der Waals surface area contributed by atoms with Gasteiger partial charge in [-0.1, -0.05) is 46.2 Å². The Hall–Kier alpha value is -0.323. The average molecular weight is 517 g/mol. The van der Waals surface area contributed by atoms with E-state index in [1.54, 1.807) is 11.8 Å². The molecule has 0 bridgehead atoms. The maximum Gasteiger partial charge on any atom is 0.192 e. The van der Waals surface area contributed by atoms with Gasteiger partial charge in [0.25, 0.3) is 0 Å². The quantitative estimate of drug-likeness (QED) is 0.495. The van der Waals surface area contributed by atoms with Gasteiger partial charge in [0.15, 0.2) is 8.32 Å². The summed E-state index contributed by atoms with van der Waals surface area (Å²) in [5.41, 5.74) is 1.02. The summed E-state index contributed by atoms with van der Waals surface area (Å²) >= 11 is 7.93. The summed E-state index contributed by atoms with van der Waals surface area (Å²) in [5, 5.41) is 22.5. The van der Waals surface area contributed by atoms with Crippen LogP contribution in [0.2, 0.25) is 23.2 Å². The molecule has 2 heterocycles. The maximum absolute atomic E-state index is 11.1. The molecule has 0 saturated carbocycles. The monoisotopic (exact) mass is 516 g/mol. The van der Waals surface area contributed by atoms with Crippen molar-refractivity contribution in [2.75, 3.05) is 37.7 Å². The van der Waals surface area contributed by atoms with Gasteiger partial charge in [0.05, 0.1) is 23.6 Å². The smallest absolute Gasteiger partial charge is 0.192 e. The molecule has 33 heavy (non-hydrogen) atoms. The Bertz CT molecular complexity index is 805. The molecule has 0 unspecified atom stereocenters. The third-order valence-electron chi connectivity index (χ3n) is 7.43. The number of rotatable bonds is 8. The average Bonchev–Trinajstić information content (AvgIpc) is 2.75. The molecule has 2 aliphatic heterocycles. The fourth-order valence-electron chi connectivity index (χ4n) is 4.08. The normalized spacial score (nSPS) is 28.1.